The number of nitrogens with one attached hydrogen (secondary N) is 2. The zero-order valence-corrected chi connectivity index (χ0v) is 15.7. The summed E-state index contributed by atoms with van der Waals surface area (Å²) in [5.74, 6) is -1.82. The second-order valence-corrected chi connectivity index (χ2v) is 6.48. The molecular weight excluding hydrogens is 378 g/mol. The van der Waals surface area contributed by atoms with Crippen LogP contribution in [0.5, 0.6) is 5.88 Å². The Labute approximate surface area is 164 Å². The Morgan fingerprint density at radius 1 is 1.28 bits per heavy atom. The molecule has 0 radical (unpaired) electrons. The summed E-state index contributed by atoms with van der Waals surface area (Å²) in [6.07, 6.45) is 2.91. The molecule has 0 amide bonds. The molecule has 0 aliphatic heterocycles. The molecular formula is C19H19N5O5. The van der Waals surface area contributed by atoms with Gasteiger partial charge in [0.15, 0.2) is 6.04 Å². The molecule has 10 heteroatoms. The first-order chi connectivity index (χ1) is 13.8. The number of aromatic hydroxyl groups is 1. The number of aromatic nitrogens is 4. The van der Waals surface area contributed by atoms with Crippen LogP contribution in [-0.4, -0.2) is 47.5 Å². The number of benzene rings is 1. The topological polar surface area (TPSA) is 153 Å². The fourth-order valence-corrected chi connectivity index (χ4v) is 2.88. The number of carboxylic acid groups (broad SMARTS) is 1. The predicted octanol–water partition coefficient (Wildman–Crippen LogP) is 0.768. The summed E-state index contributed by atoms with van der Waals surface area (Å²) in [5.41, 5.74) is -0.125. The van der Waals surface area contributed by atoms with E-state index in [-0.39, 0.29) is 17.7 Å². The van der Waals surface area contributed by atoms with Gasteiger partial charge in [-0.05, 0) is 26.0 Å². The average molecular weight is 397 g/mol. The van der Waals surface area contributed by atoms with Crippen LogP contribution < -0.4 is 11.2 Å². The van der Waals surface area contributed by atoms with E-state index >= 15 is 0 Å². The van der Waals surface area contributed by atoms with Crippen LogP contribution in [0.15, 0.2) is 51.4 Å². The number of imidazole rings is 1. The Morgan fingerprint density at radius 3 is 2.55 bits per heavy atom. The van der Waals surface area contributed by atoms with Crippen molar-refractivity contribution in [2.24, 2.45) is 4.99 Å². The molecule has 1 aromatic carbocycles. The summed E-state index contributed by atoms with van der Waals surface area (Å²) in [6.45, 7) is 3.27. The SMILES string of the molecule is CC(=NC(Cc1cnc[nH]1)C(=O)O)c1c(O)n(-c2ccc(C)cc2)c(=O)[nH]c1=O. The lowest BCUT2D eigenvalue weighted by Gasteiger charge is -2.13. The van der Waals surface area contributed by atoms with Gasteiger partial charge in [0, 0.05) is 18.3 Å². The third-order valence-corrected chi connectivity index (χ3v) is 4.34. The van der Waals surface area contributed by atoms with E-state index < -0.39 is 29.1 Å². The summed E-state index contributed by atoms with van der Waals surface area (Å²) in [5, 5.41) is 20.1. The highest BCUT2D eigenvalue weighted by atomic mass is 16.4. The van der Waals surface area contributed by atoms with Gasteiger partial charge in [-0.2, -0.15) is 0 Å². The molecule has 4 N–H and O–H groups in total. The monoisotopic (exact) mass is 397 g/mol. The molecule has 150 valence electrons. The average Bonchev–Trinajstić information content (AvgIpc) is 3.15. The molecule has 3 rings (SSSR count). The van der Waals surface area contributed by atoms with Crippen molar-refractivity contribution in [2.45, 2.75) is 26.3 Å². The number of rotatable bonds is 6. The molecule has 0 aliphatic rings. The van der Waals surface area contributed by atoms with Crippen molar-refractivity contribution in [3.8, 4) is 11.6 Å². The third-order valence-electron chi connectivity index (χ3n) is 4.34. The second-order valence-electron chi connectivity index (χ2n) is 6.48. The first-order valence-corrected chi connectivity index (χ1v) is 8.68. The van der Waals surface area contributed by atoms with E-state index in [4.69, 9.17) is 0 Å². The van der Waals surface area contributed by atoms with E-state index in [0.29, 0.717) is 11.4 Å². The second kappa shape index (κ2) is 7.97. The van der Waals surface area contributed by atoms with Crippen LogP contribution in [0.1, 0.15) is 23.7 Å². The highest BCUT2D eigenvalue weighted by molar-refractivity contribution is 6.01. The molecule has 0 spiro atoms. The van der Waals surface area contributed by atoms with Crippen molar-refractivity contribution < 1.29 is 15.0 Å². The van der Waals surface area contributed by atoms with E-state index in [1.165, 1.54) is 19.4 Å². The Balaban J connectivity index is 2.09. The van der Waals surface area contributed by atoms with Crippen LogP contribution in [0.2, 0.25) is 0 Å². The van der Waals surface area contributed by atoms with Crippen molar-refractivity contribution in [3.05, 3.63) is 74.4 Å². The van der Waals surface area contributed by atoms with Crippen LogP contribution in [0.3, 0.4) is 0 Å². The van der Waals surface area contributed by atoms with E-state index in [1.807, 2.05) is 6.92 Å². The van der Waals surface area contributed by atoms with Crippen molar-refractivity contribution in [2.75, 3.05) is 0 Å². The number of aliphatic carboxylic acids is 1. The molecule has 10 nitrogen and oxygen atoms in total. The molecule has 0 bridgehead atoms. The lowest BCUT2D eigenvalue weighted by Crippen LogP contribution is -2.33. The quantitative estimate of drug-likeness (QED) is 0.451. The van der Waals surface area contributed by atoms with Crippen LogP contribution in [0, 0.1) is 6.92 Å². The Kier molecular flexibility index (Phi) is 5.44. The largest absolute Gasteiger partial charge is 0.493 e. The molecule has 1 unspecified atom stereocenters. The van der Waals surface area contributed by atoms with Gasteiger partial charge in [-0.25, -0.2) is 19.1 Å². The third kappa shape index (κ3) is 4.15. The van der Waals surface area contributed by atoms with E-state index in [9.17, 15) is 24.6 Å². The van der Waals surface area contributed by atoms with Gasteiger partial charge in [0.2, 0.25) is 5.88 Å². The highest BCUT2D eigenvalue weighted by Gasteiger charge is 2.22. The number of nitrogens with zero attached hydrogens (tertiary/aromatic N) is 3. The lowest BCUT2D eigenvalue weighted by molar-refractivity contribution is -0.138. The van der Waals surface area contributed by atoms with Crippen molar-refractivity contribution >= 4 is 11.7 Å². The number of carboxylic acids is 1. The van der Waals surface area contributed by atoms with E-state index in [1.54, 1.807) is 24.3 Å². The maximum atomic E-state index is 12.3. The maximum absolute atomic E-state index is 12.3. The van der Waals surface area contributed by atoms with Crippen molar-refractivity contribution in [1.82, 2.24) is 19.5 Å². The van der Waals surface area contributed by atoms with Gasteiger partial charge < -0.3 is 15.2 Å². The smallest absolute Gasteiger partial charge is 0.335 e. The minimum Gasteiger partial charge on any atom is -0.493 e. The number of aliphatic imine (C=N–C) groups is 1. The van der Waals surface area contributed by atoms with Crippen molar-refractivity contribution in [3.63, 3.8) is 0 Å². The molecule has 2 heterocycles. The molecule has 0 aliphatic carbocycles. The van der Waals surface area contributed by atoms with Gasteiger partial charge in [0.05, 0.1) is 17.7 Å². The molecule has 0 saturated heterocycles. The molecule has 0 fully saturated rings. The number of aryl methyl sites for hydroxylation is 1. The summed E-state index contributed by atoms with van der Waals surface area (Å²) in [4.78, 5) is 49.1. The first-order valence-electron chi connectivity index (χ1n) is 8.68. The Bertz CT molecular complexity index is 1170. The van der Waals surface area contributed by atoms with Gasteiger partial charge in [-0.3, -0.25) is 14.8 Å². The van der Waals surface area contributed by atoms with Crippen LogP contribution in [0.4, 0.5) is 0 Å². The van der Waals surface area contributed by atoms with E-state index in [2.05, 4.69) is 19.9 Å². The molecule has 29 heavy (non-hydrogen) atoms. The van der Waals surface area contributed by atoms with Crippen LogP contribution >= 0.6 is 0 Å². The Hall–Kier alpha value is -3.95. The summed E-state index contributed by atoms with van der Waals surface area (Å²) in [6, 6.07) is 5.51. The number of hydrogen-bond acceptors (Lipinski definition) is 6. The number of aromatic amines is 2. The standard InChI is InChI=1S/C19H19N5O5/c1-10-3-5-13(6-4-10)24-17(26)15(16(25)23-19(24)29)11(2)22-14(18(27)28)7-12-8-20-9-21-12/h3-6,8-9,14,26H,7H2,1-2H3,(H,20,21)(H,27,28)(H,23,25,29). The maximum Gasteiger partial charge on any atom is 0.335 e. The van der Waals surface area contributed by atoms with Gasteiger partial charge in [0.1, 0.15) is 5.56 Å². The molecule has 2 aromatic heterocycles. The fraction of sp³-hybridized carbons (Fsp3) is 0.211. The van der Waals surface area contributed by atoms with Gasteiger partial charge in [0.25, 0.3) is 5.56 Å². The van der Waals surface area contributed by atoms with Crippen LogP contribution in [-0.2, 0) is 11.2 Å². The highest BCUT2D eigenvalue weighted by Crippen LogP contribution is 2.18. The summed E-state index contributed by atoms with van der Waals surface area (Å²) < 4.78 is 0.930. The lowest BCUT2D eigenvalue weighted by atomic mass is 10.1. The summed E-state index contributed by atoms with van der Waals surface area (Å²) in [7, 11) is 0. The summed E-state index contributed by atoms with van der Waals surface area (Å²) >= 11 is 0. The van der Waals surface area contributed by atoms with Gasteiger partial charge in [-0.15, -0.1) is 0 Å². The van der Waals surface area contributed by atoms with Crippen LogP contribution in [0.25, 0.3) is 5.69 Å². The predicted molar refractivity (Wildman–Crippen MR) is 105 cm³/mol. The molecule has 1 atom stereocenters. The normalized spacial score (nSPS) is 12.7. The fourth-order valence-electron chi connectivity index (χ4n) is 2.88. The molecule has 0 saturated carbocycles. The number of hydrogen-bond donors (Lipinski definition) is 4. The van der Waals surface area contributed by atoms with Gasteiger partial charge >= 0.3 is 11.7 Å². The zero-order chi connectivity index (χ0) is 21.1. The minimum atomic E-state index is -1.21. The Morgan fingerprint density at radius 2 is 1.97 bits per heavy atom. The van der Waals surface area contributed by atoms with Crippen molar-refractivity contribution in [1.29, 1.82) is 0 Å². The first kappa shape index (κ1) is 19.8. The number of carbonyl (C=O) groups is 1. The van der Waals surface area contributed by atoms with E-state index in [0.717, 1.165) is 10.1 Å². The van der Waals surface area contributed by atoms with Gasteiger partial charge in [-0.1, -0.05) is 17.7 Å². The zero-order valence-electron chi connectivity index (χ0n) is 15.7. The molecule has 3 aromatic rings. The minimum absolute atomic E-state index is 0.0168. The number of H-pyrrole nitrogens is 2.